The first-order valence-corrected chi connectivity index (χ1v) is 5.79. The SMILES string of the molecule is CC#CCNCc1c(Cl)nc2sccn12. The molecule has 3 nitrogen and oxygen atoms in total. The van der Waals surface area contributed by atoms with Gasteiger partial charge in [0.1, 0.15) is 0 Å². The molecule has 0 unspecified atom stereocenters. The summed E-state index contributed by atoms with van der Waals surface area (Å²) in [4.78, 5) is 5.17. The van der Waals surface area contributed by atoms with Crippen LogP contribution in [-0.2, 0) is 6.54 Å². The van der Waals surface area contributed by atoms with Crippen molar-refractivity contribution < 1.29 is 0 Å². The van der Waals surface area contributed by atoms with Crippen LogP contribution in [0, 0.1) is 11.8 Å². The molecule has 0 amide bonds. The Morgan fingerprint density at radius 3 is 3.33 bits per heavy atom. The zero-order chi connectivity index (χ0) is 10.7. The van der Waals surface area contributed by atoms with Gasteiger partial charge in [0.05, 0.1) is 12.2 Å². The summed E-state index contributed by atoms with van der Waals surface area (Å²) < 4.78 is 2.00. The lowest BCUT2D eigenvalue weighted by molar-refractivity contribution is 0.744. The molecule has 5 heteroatoms. The van der Waals surface area contributed by atoms with Gasteiger partial charge in [0, 0.05) is 18.1 Å². The lowest BCUT2D eigenvalue weighted by Gasteiger charge is -1.99. The number of hydrogen-bond acceptors (Lipinski definition) is 3. The third-order valence-corrected chi connectivity index (χ3v) is 3.05. The number of nitrogens with one attached hydrogen (secondary N) is 1. The van der Waals surface area contributed by atoms with Gasteiger partial charge >= 0.3 is 0 Å². The predicted molar refractivity (Wildman–Crippen MR) is 63.2 cm³/mol. The second-order valence-electron chi connectivity index (χ2n) is 2.94. The third kappa shape index (κ3) is 2.15. The van der Waals surface area contributed by atoms with E-state index in [1.54, 1.807) is 11.3 Å². The summed E-state index contributed by atoms with van der Waals surface area (Å²) in [6.07, 6.45) is 1.97. The fraction of sp³-hybridized carbons (Fsp3) is 0.300. The van der Waals surface area contributed by atoms with Gasteiger partial charge in [0.2, 0.25) is 0 Å². The van der Waals surface area contributed by atoms with Gasteiger partial charge in [0.15, 0.2) is 10.1 Å². The molecule has 0 aliphatic carbocycles. The van der Waals surface area contributed by atoms with E-state index in [1.807, 2.05) is 22.9 Å². The van der Waals surface area contributed by atoms with Crippen molar-refractivity contribution in [3.8, 4) is 11.8 Å². The molecule has 2 heterocycles. The maximum Gasteiger partial charge on any atom is 0.195 e. The van der Waals surface area contributed by atoms with Gasteiger partial charge in [-0.15, -0.1) is 17.3 Å². The van der Waals surface area contributed by atoms with Crippen molar-refractivity contribution in [3.05, 3.63) is 22.4 Å². The monoisotopic (exact) mass is 239 g/mol. The second-order valence-corrected chi connectivity index (χ2v) is 4.17. The van der Waals surface area contributed by atoms with Crippen LogP contribution < -0.4 is 5.32 Å². The second kappa shape index (κ2) is 4.67. The van der Waals surface area contributed by atoms with Crippen LogP contribution in [0.25, 0.3) is 4.96 Å². The van der Waals surface area contributed by atoms with Crippen molar-refractivity contribution >= 4 is 27.9 Å². The Bertz CT molecular complexity index is 517. The maximum absolute atomic E-state index is 6.02. The van der Waals surface area contributed by atoms with Crippen molar-refractivity contribution in [1.29, 1.82) is 0 Å². The molecule has 0 aliphatic rings. The van der Waals surface area contributed by atoms with Gasteiger partial charge in [-0.05, 0) is 6.92 Å². The molecule has 0 radical (unpaired) electrons. The minimum atomic E-state index is 0.568. The van der Waals surface area contributed by atoms with Crippen molar-refractivity contribution in [2.45, 2.75) is 13.5 Å². The molecule has 0 saturated carbocycles. The molecule has 2 aromatic heterocycles. The van der Waals surface area contributed by atoms with E-state index >= 15 is 0 Å². The summed E-state index contributed by atoms with van der Waals surface area (Å²) in [6.45, 7) is 3.18. The van der Waals surface area contributed by atoms with Gasteiger partial charge in [-0.2, -0.15) is 0 Å². The molecule has 15 heavy (non-hydrogen) atoms. The number of aromatic nitrogens is 2. The summed E-state index contributed by atoms with van der Waals surface area (Å²) in [7, 11) is 0. The maximum atomic E-state index is 6.02. The number of rotatable bonds is 3. The van der Waals surface area contributed by atoms with E-state index in [1.165, 1.54) is 0 Å². The Kier molecular flexibility index (Phi) is 3.27. The van der Waals surface area contributed by atoms with E-state index in [0.717, 1.165) is 10.7 Å². The first-order valence-electron chi connectivity index (χ1n) is 4.53. The van der Waals surface area contributed by atoms with Crippen molar-refractivity contribution in [2.24, 2.45) is 0 Å². The van der Waals surface area contributed by atoms with Crippen molar-refractivity contribution in [2.75, 3.05) is 6.54 Å². The highest BCUT2D eigenvalue weighted by Gasteiger charge is 2.09. The van der Waals surface area contributed by atoms with Crippen molar-refractivity contribution in [1.82, 2.24) is 14.7 Å². The molecule has 0 spiro atoms. The van der Waals surface area contributed by atoms with E-state index in [-0.39, 0.29) is 0 Å². The fourth-order valence-electron chi connectivity index (χ4n) is 1.30. The Balaban J connectivity index is 2.14. The normalized spacial score (nSPS) is 10.3. The Hall–Kier alpha value is -1.02. The largest absolute Gasteiger partial charge is 0.300 e. The van der Waals surface area contributed by atoms with Crippen LogP contribution in [0.15, 0.2) is 11.6 Å². The van der Waals surface area contributed by atoms with Crippen LogP contribution in [0.1, 0.15) is 12.6 Å². The number of halogens is 1. The molecule has 0 aliphatic heterocycles. The average molecular weight is 240 g/mol. The lowest BCUT2D eigenvalue weighted by Crippen LogP contribution is -2.14. The minimum absolute atomic E-state index is 0.568. The highest BCUT2D eigenvalue weighted by molar-refractivity contribution is 7.15. The number of thiazole rings is 1. The quantitative estimate of drug-likeness (QED) is 0.657. The molecule has 0 aromatic carbocycles. The summed E-state index contributed by atoms with van der Waals surface area (Å²) >= 11 is 7.60. The van der Waals surface area contributed by atoms with E-state index in [9.17, 15) is 0 Å². The van der Waals surface area contributed by atoms with Crippen LogP contribution in [0.3, 0.4) is 0 Å². The summed E-state index contributed by atoms with van der Waals surface area (Å²) in [5, 5.41) is 5.76. The summed E-state index contributed by atoms with van der Waals surface area (Å²) in [5.41, 5.74) is 0.991. The van der Waals surface area contributed by atoms with Gasteiger partial charge in [-0.25, -0.2) is 4.98 Å². The van der Waals surface area contributed by atoms with Gasteiger partial charge in [-0.1, -0.05) is 17.5 Å². The van der Waals surface area contributed by atoms with E-state index < -0.39 is 0 Å². The first kappa shape index (κ1) is 10.5. The third-order valence-electron chi connectivity index (χ3n) is 1.99. The highest BCUT2D eigenvalue weighted by atomic mass is 35.5. The Morgan fingerprint density at radius 1 is 1.67 bits per heavy atom. The average Bonchev–Trinajstić information content (AvgIpc) is 2.75. The highest BCUT2D eigenvalue weighted by Crippen LogP contribution is 2.20. The zero-order valence-electron chi connectivity index (χ0n) is 8.25. The molecule has 0 atom stereocenters. The van der Waals surface area contributed by atoms with Crippen LogP contribution >= 0.6 is 22.9 Å². The molecule has 2 rings (SSSR count). The molecule has 0 saturated heterocycles. The van der Waals surface area contributed by atoms with Crippen LogP contribution in [0.2, 0.25) is 5.15 Å². The molecule has 78 valence electrons. The minimum Gasteiger partial charge on any atom is -0.300 e. The predicted octanol–water partition coefficient (Wildman–Crippen LogP) is 2.16. The van der Waals surface area contributed by atoms with E-state index in [4.69, 9.17) is 11.6 Å². The molecule has 0 fully saturated rings. The zero-order valence-corrected chi connectivity index (χ0v) is 9.82. The van der Waals surface area contributed by atoms with Crippen LogP contribution in [-0.4, -0.2) is 15.9 Å². The molecule has 0 bridgehead atoms. The lowest BCUT2D eigenvalue weighted by atomic mass is 10.4. The fourth-order valence-corrected chi connectivity index (χ4v) is 2.32. The Labute approximate surface area is 97.1 Å². The number of nitrogens with zero attached hydrogens (tertiary/aromatic N) is 2. The van der Waals surface area contributed by atoms with Gasteiger partial charge in [0.25, 0.3) is 0 Å². The topological polar surface area (TPSA) is 29.3 Å². The molecule has 2 aromatic rings. The van der Waals surface area contributed by atoms with Crippen LogP contribution in [0.4, 0.5) is 0 Å². The van der Waals surface area contributed by atoms with E-state index in [2.05, 4.69) is 22.1 Å². The van der Waals surface area contributed by atoms with Gasteiger partial charge < -0.3 is 5.32 Å². The van der Waals surface area contributed by atoms with E-state index in [0.29, 0.717) is 18.2 Å². The van der Waals surface area contributed by atoms with Crippen molar-refractivity contribution in [3.63, 3.8) is 0 Å². The molecule has 1 N–H and O–H groups in total. The number of hydrogen-bond donors (Lipinski definition) is 1. The summed E-state index contributed by atoms with van der Waals surface area (Å²) in [6, 6.07) is 0. The molecular weight excluding hydrogens is 230 g/mol. The van der Waals surface area contributed by atoms with Crippen LogP contribution in [0.5, 0.6) is 0 Å². The molecular formula is C10H10ClN3S. The number of imidazole rings is 1. The summed E-state index contributed by atoms with van der Waals surface area (Å²) in [5.74, 6) is 5.77. The Morgan fingerprint density at radius 2 is 2.53 bits per heavy atom. The smallest absolute Gasteiger partial charge is 0.195 e. The standard InChI is InChI=1S/C10H10ClN3S/c1-2-3-4-12-7-8-9(11)13-10-14(8)5-6-15-10/h5-6,12H,4,7H2,1H3. The van der Waals surface area contributed by atoms with Gasteiger partial charge in [-0.3, -0.25) is 4.40 Å². The number of fused-ring (bicyclic) bond motifs is 1. The first-order chi connectivity index (χ1) is 7.33.